The number of nitrogens with zero attached hydrogens (tertiary/aromatic N) is 2. The van der Waals surface area contributed by atoms with Gasteiger partial charge in [0.2, 0.25) is 0 Å². The Labute approximate surface area is 124 Å². The number of hydrogen-bond donors (Lipinski definition) is 2. The summed E-state index contributed by atoms with van der Waals surface area (Å²) in [5, 5.41) is 10.9. The van der Waals surface area contributed by atoms with E-state index in [0.29, 0.717) is 18.3 Å². The smallest absolute Gasteiger partial charge is 0.272 e. The van der Waals surface area contributed by atoms with Gasteiger partial charge in [-0.2, -0.15) is 5.10 Å². The first-order valence-corrected chi connectivity index (χ1v) is 7.67. The second kappa shape index (κ2) is 6.26. The zero-order valence-corrected chi connectivity index (χ0v) is 12.4. The number of fused-ring (bicyclic) bond motifs is 1. The summed E-state index contributed by atoms with van der Waals surface area (Å²) in [7, 11) is 2.14. The first-order chi connectivity index (χ1) is 10.3. The predicted molar refractivity (Wildman–Crippen MR) is 83.3 cm³/mol. The third kappa shape index (κ3) is 3.08. The number of aromatic amines is 1. The first kappa shape index (κ1) is 14.1. The van der Waals surface area contributed by atoms with Crippen LogP contribution in [-0.4, -0.2) is 47.2 Å². The van der Waals surface area contributed by atoms with E-state index in [9.17, 15) is 4.79 Å². The summed E-state index contributed by atoms with van der Waals surface area (Å²) in [6.07, 6.45) is 5.24. The molecule has 1 saturated carbocycles. The van der Waals surface area contributed by atoms with E-state index in [-0.39, 0.29) is 5.91 Å². The minimum atomic E-state index is -0.104. The van der Waals surface area contributed by atoms with Crippen LogP contribution in [0, 0.1) is 0 Å². The topological polar surface area (TPSA) is 61.0 Å². The quantitative estimate of drug-likeness (QED) is 0.885. The highest BCUT2D eigenvalue weighted by molar-refractivity contribution is 6.04. The lowest BCUT2D eigenvalue weighted by atomic mass is 10.2. The minimum Gasteiger partial charge on any atom is -0.349 e. The molecule has 112 valence electrons. The van der Waals surface area contributed by atoms with E-state index in [1.54, 1.807) is 0 Å². The molecule has 1 heterocycles. The number of likely N-dealkylation sites (N-methyl/N-ethyl adjacent to an activating group) is 1. The van der Waals surface area contributed by atoms with Gasteiger partial charge in [-0.3, -0.25) is 9.89 Å². The number of carbonyl (C=O) groups is 1. The summed E-state index contributed by atoms with van der Waals surface area (Å²) < 4.78 is 0. The standard InChI is InChI=1S/C16H22N4O/c1-20(12-6-2-3-7-12)11-10-17-16(21)15-13-8-4-5-9-14(13)18-19-15/h4-5,8-9,12H,2-3,6-7,10-11H2,1H3,(H,17,21)(H,18,19). The second-order valence-electron chi connectivity index (χ2n) is 5.79. The molecule has 0 radical (unpaired) electrons. The molecule has 1 amide bonds. The van der Waals surface area contributed by atoms with Gasteiger partial charge < -0.3 is 10.2 Å². The van der Waals surface area contributed by atoms with Crippen LogP contribution in [0.15, 0.2) is 24.3 Å². The fourth-order valence-electron chi connectivity index (χ4n) is 3.09. The monoisotopic (exact) mass is 286 g/mol. The van der Waals surface area contributed by atoms with Crippen LogP contribution in [0.2, 0.25) is 0 Å². The van der Waals surface area contributed by atoms with Crippen molar-refractivity contribution < 1.29 is 4.79 Å². The third-order valence-electron chi connectivity index (χ3n) is 4.38. The number of benzene rings is 1. The Morgan fingerprint density at radius 2 is 2.14 bits per heavy atom. The van der Waals surface area contributed by atoms with Gasteiger partial charge in [0, 0.05) is 24.5 Å². The molecule has 1 aliphatic rings. The summed E-state index contributed by atoms with van der Waals surface area (Å²) in [5.41, 5.74) is 1.37. The molecular formula is C16H22N4O. The molecule has 0 bridgehead atoms. The van der Waals surface area contributed by atoms with Gasteiger partial charge in [-0.25, -0.2) is 0 Å². The van der Waals surface area contributed by atoms with Gasteiger partial charge in [-0.15, -0.1) is 0 Å². The Morgan fingerprint density at radius 1 is 1.38 bits per heavy atom. The number of H-pyrrole nitrogens is 1. The number of para-hydroxylation sites is 1. The van der Waals surface area contributed by atoms with Crippen LogP contribution in [-0.2, 0) is 0 Å². The summed E-state index contributed by atoms with van der Waals surface area (Å²) in [5.74, 6) is -0.104. The number of nitrogens with one attached hydrogen (secondary N) is 2. The van der Waals surface area contributed by atoms with Crippen molar-refractivity contribution in [3.8, 4) is 0 Å². The van der Waals surface area contributed by atoms with Gasteiger partial charge >= 0.3 is 0 Å². The summed E-state index contributed by atoms with van der Waals surface area (Å²) in [6, 6.07) is 8.38. The second-order valence-corrected chi connectivity index (χ2v) is 5.79. The molecule has 1 fully saturated rings. The molecule has 1 aliphatic carbocycles. The normalized spacial score (nSPS) is 15.9. The van der Waals surface area contributed by atoms with Crippen molar-refractivity contribution in [2.75, 3.05) is 20.1 Å². The van der Waals surface area contributed by atoms with Crippen LogP contribution < -0.4 is 5.32 Å². The van der Waals surface area contributed by atoms with Gasteiger partial charge in [-0.1, -0.05) is 31.0 Å². The van der Waals surface area contributed by atoms with Gasteiger partial charge in [0.25, 0.3) is 5.91 Å². The zero-order chi connectivity index (χ0) is 14.7. The molecule has 3 rings (SSSR count). The fourth-order valence-corrected chi connectivity index (χ4v) is 3.09. The summed E-state index contributed by atoms with van der Waals surface area (Å²) >= 11 is 0. The van der Waals surface area contributed by atoms with Crippen molar-refractivity contribution in [3.63, 3.8) is 0 Å². The van der Waals surface area contributed by atoms with E-state index in [1.165, 1.54) is 25.7 Å². The average Bonchev–Trinajstić information content (AvgIpc) is 3.16. The number of rotatable bonds is 5. The molecule has 0 spiro atoms. The molecule has 5 heteroatoms. The Morgan fingerprint density at radius 3 is 2.95 bits per heavy atom. The highest BCUT2D eigenvalue weighted by atomic mass is 16.1. The maximum atomic E-state index is 12.2. The van der Waals surface area contributed by atoms with Crippen molar-refractivity contribution >= 4 is 16.8 Å². The van der Waals surface area contributed by atoms with Crippen molar-refractivity contribution in [1.29, 1.82) is 0 Å². The maximum Gasteiger partial charge on any atom is 0.272 e. The van der Waals surface area contributed by atoms with Gasteiger partial charge in [0.05, 0.1) is 5.52 Å². The highest BCUT2D eigenvalue weighted by Gasteiger charge is 2.19. The van der Waals surface area contributed by atoms with Crippen molar-refractivity contribution in [1.82, 2.24) is 20.4 Å². The number of aromatic nitrogens is 2. The molecule has 5 nitrogen and oxygen atoms in total. The van der Waals surface area contributed by atoms with Crippen LogP contribution >= 0.6 is 0 Å². The summed E-state index contributed by atoms with van der Waals surface area (Å²) in [6.45, 7) is 1.55. The van der Waals surface area contributed by atoms with E-state index < -0.39 is 0 Å². The molecule has 1 aromatic heterocycles. The van der Waals surface area contributed by atoms with Crippen LogP contribution in [0.4, 0.5) is 0 Å². The van der Waals surface area contributed by atoms with Crippen molar-refractivity contribution in [2.45, 2.75) is 31.7 Å². The Hall–Kier alpha value is -1.88. The highest BCUT2D eigenvalue weighted by Crippen LogP contribution is 2.21. The Balaban J connectivity index is 1.54. The third-order valence-corrected chi connectivity index (χ3v) is 4.38. The van der Waals surface area contributed by atoms with E-state index in [4.69, 9.17) is 0 Å². The van der Waals surface area contributed by atoms with Crippen molar-refractivity contribution in [2.24, 2.45) is 0 Å². The molecule has 1 aromatic carbocycles. The summed E-state index contributed by atoms with van der Waals surface area (Å²) in [4.78, 5) is 14.6. The molecule has 0 saturated heterocycles. The molecule has 2 aromatic rings. The Bertz CT molecular complexity index is 616. The van der Waals surface area contributed by atoms with Gasteiger partial charge in [-0.05, 0) is 26.0 Å². The number of amides is 1. The number of hydrogen-bond acceptors (Lipinski definition) is 3. The van der Waals surface area contributed by atoms with Gasteiger partial charge in [0.1, 0.15) is 0 Å². The van der Waals surface area contributed by atoms with E-state index in [0.717, 1.165) is 17.4 Å². The lowest BCUT2D eigenvalue weighted by Gasteiger charge is -2.23. The van der Waals surface area contributed by atoms with E-state index in [1.807, 2.05) is 24.3 Å². The van der Waals surface area contributed by atoms with E-state index in [2.05, 4.69) is 27.5 Å². The van der Waals surface area contributed by atoms with Crippen molar-refractivity contribution in [3.05, 3.63) is 30.0 Å². The van der Waals surface area contributed by atoms with Crippen LogP contribution in [0.3, 0.4) is 0 Å². The molecule has 2 N–H and O–H groups in total. The molecule has 0 unspecified atom stereocenters. The SMILES string of the molecule is CN(CCNC(=O)c1n[nH]c2ccccc12)C1CCCC1. The first-order valence-electron chi connectivity index (χ1n) is 7.67. The maximum absolute atomic E-state index is 12.2. The lowest BCUT2D eigenvalue weighted by Crippen LogP contribution is -2.37. The predicted octanol–water partition coefficient (Wildman–Crippen LogP) is 2.17. The van der Waals surface area contributed by atoms with E-state index >= 15 is 0 Å². The van der Waals surface area contributed by atoms with Crippen LogP contribution in [0.1, 0.15) is 36.2 Å². The Kier molecular flexibility index (Phi) is 4.20. The average molecular weight is 286 g/mol. The fraction of sp³-hybridized carbons (Fsp3) is 0.500. The minimum absolute atomic E-state index is 0.104. The van der Waals surface area contributed by atoms with Crippen LogP contribution in [0.25, 0.3) is 10.9 Å². The number of carbonyl (C=O) groups excluding carboxylic acids is 1. The molecule has 21 heavy (non-hydrogen) atoms. The molecular weight excluding hydrogens is 264 g/mol. The largest absolute Gasteiger partial charge is 0.349 e. The van der Waals surface area contributed by atoms with Gasteiger partial charge in [0.15, 0.2) is 5.69 Å². The lowest BCUT2D eigenvalue weighted by molar-refractivity contribution is 0.0943. The van der Waals surface area contributed by atoms with Crippen LogP contribution in [0.5, 0.6) is 0 Å². The molecule has 0 atom stereocenters. The molecule has 0 aliphatic heterocycles. The zero-order valence-electron chi connectivity index (χ0n) is 12.4.